The quantitative estimate of drug-likeness (QED) is 0.675. The molecule has 3 heterocycles. The van der Waals surface area contributed by atoms with E-state index in [1.165, 1.54) is 11.1 Å². The van der Waals surface area contributed by atoms with Crippen LogP contribution < -0.4 is 4.74 Å². The van der Waals surface area contributed by atoms with Crippen molar-refractivity contribution in [3.63, 3.8) is 0 Å². The van der Waals surface area contributed by atoms with E-state index in [2.05, 4.69) is 52.5 Å². The monoisotopic (exact) mass is 347 g/mol. The molecule has 2 aliphatic rings. The minimum atomic E-state index is -0.214. The lowest BCUT2D eigenvalue weighted by molar-refractivity contribution is -0.0171. The lowest BCUT2D eigenvalue weighted by Gasteiger charge is -2.37. The molecule has 0 N–H and O–H groups in total. The standard InChI is InChI=1S/C20H17N3OS/c1-13-19(25-12-21-13)20-23-17(15-9-5-6-10-18(15)24-20)11-16(22-23)14-7-3-2-4-8-14/h2-10,12,17,20H,11H2,1H3/t17-,20+/m0/s1. The van der Waals surface area contributed by atoms with Crippen molar-refractivity contribution in [1.29, 1.82) is 0 Å². The number of fused-ring (bicyclic) bond motifs is 3. The van der Waals surface area contributed by atoms with E-state index in [9.17, 15) is 0 Å². The summed E-state index contributed by atoms with van der Waals surface area (Å²) in [5.41, 5.74) is 6.38. The molecule has 5 rings (SSSR count). The van der Waals surface area contributed by atoms with Gasteiger partial charge in [0.25, 0.3) is 0 Å². The van der Waals surface area contributed by atoms with Crippen LogP contribution in [-0.2, 0) is 0 Å². The molecule has 25 heavy (non-hydrogen) atoms. The Balaban J connectivity index is 1.62. The number of rotatable bonds is 2. The minimum Gasteiger partial charge on any atom is -0.463 e. The molecular formula is C20H17N3OS. The van der Waals surface area contributed by atoms with Crippen molar-refractivity contribution in [2.45, 2.75) is 25.6 Å². The number of aryl methyl sites for hydroxylation is 1. The minimum absolute atomic E-state index is 0.201. The molecule has 124 valence electrons. The van der Waals surface area contributed by atoms with Gasteiger partial charge in [0.05, 0.1) is 27.8 Å². The molecule has 0 bridgehead atoms. The van der Waals surface area contributed by atoms with Gasteiger partial charge in [-0.3, -0.25) is 0 Å². The van der Waals surface area contributed by atoms with Gasteiger partial charge in [-0.1, -0.05) is 48.5 Å². The highest BCUT2D eigenvalue weighted by Crippen LogP contribution is 2.48. The molecule has 0 spiro atoms. The number of hydrogen-bond donors (Lipinski definition) is 0. The van der Waals surface area contributed by atoms with Gasteiger partial charge in [0.1, 0.15) is 5.75 Å². The van der Waals surface area contributed by atoms with Crippen LogP contribution in [0.1, 0.15) is 40.4 Å². The summed E-state index contributed by atoms with van der Waals surface area (Å²) < 4.78 is 6.34. The third-order valence-electron chi connectivity index (χ3n) is 4.81. The summed E-state index contributed by atoms with van der Waals surface area (Å²) in [4.78, 5) is 5.53. The average molecular weight is 347 g/mol. The van der Waals surface area contributed by atoms with Crippen molar-refractivity contribution in [2.75, 3.05) is 0 Å². The first-order valence-electron chi connectivity index (χ1n) is 8.38. The zero-order valence-electron chi connectivity index (χ0n) is 13.8. The topological polar surface area (TPSA) is 37.7 Å². The zero-order chi connectivity index (χ0) is 16.8. The number of ether oxygens (including phenoxy) is 1. The number of hydrazone groups is 1. The first-order valence-corrected chi connectivity index (χ1v) is 9.26. The van der Waals surface area contributed by atoms with Crippen LogP contribution in [0.3, 0.4) is 0 Å². The number of aromatic nitrogens is 1. The Morgan fingerprint density at radius 2 is 1.88 bits per heavy atom. The maximum atomic E-state index is 6.34. The Kier molecular flexibility index (Phi) is 3.35. The van der Waals surface area contributed by atoms with Crippen molar-refractivity contribution < 1.29 is 4.74 Å². The Morgan fingerprint density at radius 3 is 2.68 bits per heavy atom. The Hall–Kier alpha value is -2.66. The molecule has 0 fully saturated rings. The van der Waals surface area contributed by atoms with E-state index in [0.29, 0.717) is 0 Å². The number of hydrogen-bond acceptors (Lipinski definition) is 5. The highest BCUT2D eigenvalue weighted by Gasteiger charge is 2.41. The Labute approximate surface area is 150 Å². The lowest BCUT2D eigenvalue weighted by atomic mass is 9.96. The van der Waals surface area contributed by atoms with Crippen LogP contribution in [0.25, 0.3) is 0 Å². The lowest BCUT2D eigenvalue weighted by Crippen LogP contribution is -2.33. The summed E-state index contributed by atoms with van der Waals surface area (Å²) in [5, 5.41) is 7.08. The average Bonchev–Trinajstić information content (AvgIpc) is 3.28. The van der Waals surface area contributed by atoms with Gasteiger partial charge in [-0.05, 0) is 18.6 Å². The maximum absolute atomic E-state index is 6.34. The molecule has 0 amide bonds. The van der Waals surface area contributed by atoms with Crippen LogP contribution in [0.4, 0.5) is 0 Å². The number of nitrogens with zero attached hydrogens (tertiary/aromatic N) is 3. The molecule has 0 saturated carbocycles. The zero-order valence-corrected chi connectivity index (χ0v) is 14.6. The van der Waals surface area contributed by atoms with Crippen LogP contribution in [0.15, 0.2) is 65.2 Å². The largest absolute Gasteiger partial charge is 0.463 e. The fourth-order valence-corrected chi connectivity index (χ4v) is 4.38. The second kappa shape index (κ2) is 5.70. The van der Waals surface area contributed by atoms with Gasteiger partial charge in [-0.25, -0.2) is 9.99 Å². The third-order valence-corrected chi connectivity index (χ3v) is 5.77. The van der Waals surface area contributed by atoms with Crippen molar-refractivity contribution in [3.8, 4) is 5.75 Å². The van der Waals surface area contributed by atoms with E-state index in [4.69, 9.17) is 9.84 Å². The fourth-order valence-electron chi connectivity index (χ4n) is 3.56. The molecule has 0 unspecified atom stereocenters. The Bertz CT molecular complexity index is 950. The van der Waals surface area contributed by atoms with Crippen molar-refractivity contribution >= 4 is 17.0 Å². The van der Waals surface area contributed by atoms with Gasteiger partial charge in [0.2, 0.25) is 6.23 Å². The van der Waals surface area contributed by atoms with Gasteiger partial charge >= 0.3 is 0 Å². The molecule has 5 heteroatoms. The molecular weight excluding hydrogens is 330 g/mol. The van der Waals surface area contributed by atoms with E-state index in [0.717, 1.165) is 28.5 Å². The third kappa shape index (κ3) is 2.35. The molecule has 4 nitrogen and oxygen atoms in total. The molecule has 0 saturated heterocycles. The summed E-state index contributed by atoms with van der Waals surface area (Å²) in [6, 6.07) is 18.9. The van der Waals surface area contributed by atoms with Crippen molar-refractivity contribution in [3.05, 3.63) is 81.8 Å². The summed E-state index contributed by atoms with van der Waals surface area (Å²) in [7, 11) is 0. The number of para-hydroxylation sites is 1. The SMILES string of the molecule is Cc1ncsc1[C@H]1Oc2ccccc2[C@@H]2CC(c3ccccc3)=NN12. The highest BCUT2D eigenvalue weighted by atomic mass is 32.1. The van der Waals surface area contributed by atoms with Gasteiger partial charge < -0.3 is 4.74 Å². The van der Waals surface area contributed by atoms with Crippen LogP contribution in [0.5, 0.6) is 5.75 Å². The van der Waals surface area contributed by atoms with Gasteiger partial charge in [0, 0.05) is 12.0 Å². The molecule has 3 aromatic rings. The predicted octanol–water partition coefficient (Wildman–Crippen LogP) is 4.69. The van der Waals surface area contributed by atoms with E-state index >= 15 is 0 Å². The van der Waals surface area contributed by atoms with Crippen molar-refractivity contribution in [2.24, 2.45) is 5.10 Å². The number of benzene rings is 2. The van der Waals surface area contributed by atoms with E-state index in [1.54, 1.807) is 11.3 Å². The van der Waals surface area contributed by atoms with E-state index < -0.39 is 0 Å². The van der Waals surface area contributed by atoms with Gasteiger partial charge in [-0.2, -0.15) is 5.10 Å². The van der Waals surface area contributed by atoms with Crippen molar-refractivity contribution in [1.82, 2.24) is 9.99 Å². The van der Waals surface area contributed by atoms with Crippen LogP contribution in [0, 0.1) is 6.92 Å². The second-order valence-electron chi connectivity index (χ2n) is 6.32. The predicted molar refractivity (Wildman–Crippen MR) is 98.8 cm³/mol. The number of thiazole rings is 1. The second-order valence-corrected chi connectivity index (χ2v) is 7.21. The first-order chi connectivity index (χ1) is 12.3. The highest BCUT2D eigenvalue weighted by molar-refractivity contribution is 7.09. The smallest absolute Gasteiger partial charge is 0.224 e. The van der Waals surface area contributed by atoms with Crippen LogP contribution in [-0.4, -0.2) is 15.7 Å². The summed E-state index contributed by atoms with van der Waals surface area (Å²) >= 11 is 1.63. The van der Waals surface area contributed by atoms with Gasteiger partial charge in [0.15, 0.2) is 0 Å². The first kappa shape index (κ1) is 14.7. The molecule has 0 aliphatic carbocycles. The van der Waals surface area contributed by atoms with E-state index in [-0.39, 0.29) is 12.3 Å². The van der Waals surface area contributed by atoms with E-state index in [1.807, 2.05) is 24.6 Å². The summed E-state index contributed by atoms with van der Waals surface area (Å²) in [5.74, 6) is 0.950. The molecule has 2 aromatic carbocycles. The molecule has 1 aromatic heterocycles. The molecule has 2 aliphatic heterocycles. The summed E-state index contributed by atoms with van der Waals surface area (Å²) in [6.45, 7) is 2.03. The summed E-state index contributed by atoms with van der Waals surface area (Å²) in [6.07, 6.45) is 0.673. The van der Waals surface area contributed by atoms with Crippen LogP contribution >= 0.6 is 11.3 Å². The maximum Gasteiger partial charge on any atom is 0.224 e. The Morgan fingerprint density at radius 1 is 1.08 bits per heavy atom. The van der Waals surface area contributed by atoms with Gasteiger partial charge in [-0.15, -0.1) is 11.3 Å². The molecule has 0 radical (unpaired) electrons. The normalized spacial score (nSPS) is 21.3. The molecule has 2 atom stereocenters. The fraction of sp³-hybridized carbons (Fsp3) is 0.200. The van der Waals surface area contributed by atoms with Crippen LogP contribution in [0.2, 0.25) is 0 Å².